The van der Waals surface area contributed by atoms with E-state index in [4.69, 9.17) is 4.43 Å². The third-order valence-electron chi connectivity index (χ3n) is 3.89. The summed E-state index contributed by atoms with van der Waals surface area (Å²) >= 11 is -0.543. The van der Waals surface area contributed by atoms with Crippen molar-refractivity contribution >= 4 is 39.2 Å². The van der Waals surface area contributed by atoms with Gasteiger partial charge in [0.1, 0.15) is 0 Å². The van der Waals surface area contributed by atoms with Gasteiger partial charge in [-0.25, -0.2) is 0 Å². The fourth-order valence-electron chi connectivity index (χ4n) is 2.10. The quantitative estimate of drug-likeness (QED) is 0.447. The molecule has 0 bridgehead atoms. The number of hydrogen-bond acceptors (Lipinski definition) is 1. The Kier molecular flexibility index (Phi) is 9.76. The van der Waals surface area contributed by atoms with E-state index in [1.54, 1.807) is 0 Å². The van der Waals surface area contributed by atoms with Gasteiger partial charge < -0.3 is 4.43 Å². The standard InChI is InChI=1S/C19H23OSi.3CH3.Sn/c1-5-16(2)19(3,4)20-21(17-12-8-6-9-13-17)18-14-10-7-11-15-18;;;;/h5-16H,1H2,2-4H3;3*1H3;. The van der Waals surface area contributed by atoms with Gasteiger partial charge in [0.25, 0.3) is 9.04 Å². The van der Waals surface area contributed by atoms with E-state index in [9.17, 15) is 0 Å². The van der Waals surface area contributed by atoms with E-state index in [1.165, 1.54) is 10.4 Å². The molecule has 2 radical (unpaired) electrons. The van der Waals surface area contributed by atoms with Gasteiger partial charge >= 0.3 is 34.6 Å². The van der Waals surface area contributed by atoms with Crippen molar-refractivity contribution < 1.29 is 4.43 Å². The van der Waals surface area contributed by atoms with Crippen molar-refractivity contribution in [2.75, 3.05) is 0 Å². The zero-order valence-electron chi connectivity index (χ0n) is 16.5. The van der Waals surface area contributed by atoms with Gasteiger partial charge in [-0.05, 0) is 24.2 Å². The molecule has 0 aliphatic rings. The molecule has 0 aliphatic heterocycles. The monoisotopic (exact) mass is 460 g/mol. The third-order valence-corrected chi connectivity index (χ3v) is 6.33. The van der Waals surface area contributed by atoms with Crippen LogP contribution in [0.3, 0.4) is 0 Å². The second-order valence-electron chi connectivity index (χ2n) is 7.29. The Labute approximate surface area is 163 Å². The summed E-state index contributed by atoms with van der Waals surface area (Å²) in [4.78, 5) is 7.09. The molecule has 2 aromatic rings. The second kappa shape index (κ2) is 11.0. The maximum absolute atomic E-state index is 6.59. The van der Waals surface area contributed by atoms with Crippen molar-refractivity contribution in [2.45, 2.75) is 41.2 Å². The van der Waals surface area contributed by atoms with Crippen LogP contribution in [0.15, 0.2) is 73.3 Å². The molecule has 2 aromatic carbocycles. The van der Waals surface area contributed by atoms with E-state index in [0.29, 0.717) is 5.92 Å². The molecule has 1 unspecified atom stereocenters. The fourth-order valence-corrected chi connectivity index (χ4v) is 4.37. The van der Waals surface area contributed by atoms with Crippen LogP contribution in [-0.2, 0) is 4.43 Å². The van der Waals surface area contributed by atoms with Gasteiger partial charge in [-0.1, -0.05) is 73.7 Å². The average Bonchev–Trinajstić information content (AvgIpc) is 2.60. The summed E-state index contributed by atoms with van der Waals surface area (Å²) in [6.45, 7) is 10.4. The first kappa shape index (κ1) is 22.2. The Bertz CT molecular complexity index is 568. The number of benzene rings is 2. The molecule has 2 rings (SSSR count). The molecule has 134 valence electrons. The molecular formula is C22H32OSiSn. The van der Waals surface area contributed by atoms with Crippen LogP contribution < -0.4 is 10.4 Å². The Morgan fingerprint density at radius 1 is 0.920 bits per heavy atom. The van der Waals surface area contributed by atoms with Crippen LogP contribution in [0, 0.1) is 5.92 Å². The first-order chi connectivity index (χ1) is 11.8. The first-order valence-electron chi connectivity index (χ1n) is 8.84. The minimum absolute atomic E-state index is 0.234. The second-order valence-corrected chi connectivity index (χ2v) is 17.9. The average molecular weight is 459 g/mol. The van der Waals surface area contributed by atoms with Crippen molar-refractivity contribution in [1.29, 1.82) is 0 Å². The molecule has 25 heavy (non-hydrogen) atoms. The molecule has 0 heterocycles. The number of hydrogen-bond donors (Lipinski definition) is 0. The molecule has 1 nitrogen and oxygen atoms in total. The first-order valence-corrected chi connectivity index (χ1v) is 18.8. The van der Waals surface area contributed by atoms with Gasteiger partial charge in [0.05, 0.1) is 5.60 Å². The molecule has 0 amide bonds. The number of rotatable bonds is 6. The Balaban J connectivity index is 0.000000705. The van der Waals surface area contributed by atoms with Gasteiger partial charge in [-0.2, -0.15) is 0 Å². The van der Waals surface area contributed by atoms with E-state index < -0.39 is 28.8 Å². The predicted octanol–water partition coefficient (Wildman–Crippen LogP) is 4.78. The van der Waals surface area contributed by atoms with Crippen LogP contribution >= 0.6 is 0 Å². The van der Waals surface area contributed by atoms with E-state index in [-0.39, 0.29) is 5.60 Å². The third kappa shape index (κ3) is 7.93. The van der Waals surface area contributed by atoms with Gasteiger partial charge in [-0.15, -0.1) is 6.58 Å². The zero-order valence-corrected chi connectivity index (χ0v) is 20.4. The predicted molar refractivity (Wildman–Crippen MR) is 116 cm³/mol. The summed E-state index contributed by atoms with van der Waals surface area (Å²) in [6.07, 6.45) is 1.97. The minimum atomic E-state index is -1.26. The molecule has 3 heteroatoms. The molecule has 0 aliphatic carbocycles. The van der Waals surface area contributed by atoms with Crippen molar-refractivity contribution in [1.82, 2.24) is 0 Å². The van der Waals surface area contributed by atoms with Gasteiger partial charge in [-0.3, -0.25) is 0 Å². The van der Waals surface area contributed by atoms with Crippen molar-refractivity contribution in [3.8, 4) is 0 Å². The molecule has 0 spiro atoms. The molecule has 0 saturated carbocycles. The van der Waals surface area contributed by atoms with Crippen LogP contribution in [0.1, 0.15) is 20.8 Å². The maximum atomic E-state index is 6.59. The molecule has 0 saturated heterocycles. The van der Waals surface area contributed by atoms with E-state index in [1.807, 2.05) is 18.2 Å². The summed E-state index contributed by atoms with van der Waals surface area (Å²) in [5.41, 5.74) is -0.234. The summed E-state index contributed by atoms with van der Waals surface area (Å²) in [5.74, 6) is 0.296. The van der Waals surface area contributed by atoms with Gasteiger partial charge in [0, 0.05) is 5.92 Å². The molecular weight excluding hydrogens is 427 g/mol. The SMILES string of the molecule is C=CC(C)C(C)(C)O[Si](c1ccccc1)c1ccccc1.[CH3][Sn]([CH3])[CH3]. The van der Waals surface area contributed by atoms with Gasteiger partial charge in [0.2, 0.25) is 0 Å². The van der Waals surface area contributed by atoms with E-state index in [0.717, 1.165) is 0 Å². The summed E-state index contributed by atoms with van der Waals surface area (Å²) < 4.78 is 6.59. The Morgan fingerprint density at radius 2 is 1.28 bits per heavy atom. The van der Waals surface area contributed by atoms with E-state index in [2.05, 4.69) is 90.7 Å². The summed E-state index contributed by atoms with van der Waals surface area (Å²) in [7, 11) is -1.26. The topological polar surface area (TPSA) is 9.23 Å². The van der Waals surface area contributed by atoms with Crippen LogP contribution in [-0.4, -0.2) is 34.4 Å². The normalized spacial score (nSPS) is 12.5. The fraction of sp³-hybridized carbons (Fsp3) is 0.364. The van der Waals surface area contributed by atoms with Gasteiger partial charge in [0.15, 0.2) is 0 Å². The van der Waals surface area contributed by atoms with Crippen molar-refractivity contribution in [3.05, 3.63) is 73.3 Å². The van der Waals surface area contributed by atoms with Crippen LogP contribution in [0.5, 0.6) is 0 Å². The summed E-state index contributed by atoms with van der Waals surface area (Å²) in [5, 5.41) is 2.55. The molecule has 0 aromatic heterocycles. The molecule has 0 N–H and O–H groups in total. The van der Waals surface area contributed by atoms with Crippen molar-refractivity contribution in [2.24, 2.45) is 5.92 Å². The summed E-state index contributed by atoms with van der Waals surface area (Å²) in [6, 6.07) is 21.1. The van der Waals surface area contributed by atoms with Crippen LogP contribution in [0.4, 0.5) is 0 Å². The molecule has 0 fully saturated rings. The Morgan fingerprint density at radius 3 is 1.60 bits per heavy atom. The zero-order chi connectivity index (χ0) is 18.9. The molecule has 1 atom stereocenters. The van der Waals surface area contributed by atoms with E-state index >= 15 is 0 Å². The van der Waals surface area contributed by atoms with Crippen LogP contribution in [0.25, 0.3) is 0 Å². The van der Waals surface area contributed by atoms with Crippen molar-refractivity contribution in [3.63, 3.8) is 0 Å². The Hall–Kier alpha value is -0.844. The van der Waals surface area contributed by atoms with Crippen LogP contribution in [0.2, 0.25) is 14.8 Å².